The van der Waals surface area contributed by atoms with E-state index in [2.05, 4.69) is 15.6 Å². The second-order valence-electron chi connectivity index (χ2n) is 5.68. The number of hydroxylamine groups is 1. The van der Waals surface area contributed by atoms with Gasteiger partial charge in [-0.05, 0) is 71.2 Å². The minimum Gasteiger partial charge on any atom is -0.350 e. The molecule has 25 heavy (non-hydrogen) atoms. The number of carbonyl (C=O) groups is 1. The Hall–Kier alpha value is -1.81. The maximum absolute atomic E-state index is 14.6. The molecule has 1 amide bonds. The highest BCUT2D eigenvalue weighted by atomic mass is 127. The fourth-order valence-corrected chi connectivity index (χ4v) is 2.96. The molecule has 2 N–H and O–H groups in total. The summed E-state index contributed by atoms with van der Waals surface area (Å²) in [4.78, 5) is 16.8. The molecule has 0 aromatic heterocycles. The molecule has 0 bridgehead atoms. The summed E-state index contributed by atoms with van der Waals surface area (Å²) in [6.07, 6.45) is 1.47. The minimum absolute atomic E-state index is 0.0654. The number of nitrogens with one attached hydrogen (secondary N) is 2. The van der Waals surface area contributed by atoms with E-state index in [1.807, 2.05) is 22.6 Å². The van der Waals surface area contributed by atoms with Crippen LogP contribution in [-0.4, -0.2) is 13.0 Å². The first-order valence-corrected chi connectivity index (χ1v) is 8.57. The first-order valence-electron chi connectivity index (χ1n) is 7.49. The summed E-state index contributed by atoms with van der Waals surface area (Å²) < 4.78 is 43.7. The van der Waals surface area contributed by atoms with E-state index in [-0.39, 0.29) is 22.7 Å². The monoisotopic (exact) mass is 462 g/mol. The van der Waals surface area contributed by atoms with Crippen LogP contribution in [0.15, 0.2) is 24.3 Å². The van der Waals surface area contributed by atoms with Crippen LogP contribution in [0.25, 0.3) is 0 Å². The zero-order valence-electron chi connectivity index (χ0n) is 13.1. The molecule has 2 aromatic rings. The number of anilines is 2. The normalized spacial score (nSPS) is 13.6. The fourth-order valence-electron chi connectivity index (χ4n) is 2.51. The van der Waals surface area contributed by atoms with Gasteiger partial charge in [-0.2, -0.15) is 0 Å². The number of hydrogen-bond acceptors (Lipinski definition) is 3. The molecule has 0 radical (unpaired) electrons. The number of carbonyl (C=O) groups excluding carboxylic acids is 1. The van der Waals surface area contributed by atoms with Crippen molar-refractivity contribution in [3.63, 3.8) is 0 Å². The van der Waals surface area contributed by atoms with Crippen LogP contribution in [0.1, 0.15) is 34.7 Å². The highest BCUT2D eigenvalue weighted by Crippen LogP contribution is 2.44. The molecule has 3 rings (SSSR count). The largest absolute Gasteiger partial charge is 0.350 e. The molecule has 4 nitrogen and oxygen atoms in total. The molecule has 1 saturated carbocycles. The van der Waals surface area contributed by atoms with Gasteiger partial charge >= 0.3 is 0 Å². The van der Waals surface area contributed by atoms with E-state index in [9.17, 15) is 18.0 Å². The summed E-state index contributed by atoms with van der Waals surface area (Å²) in [7, 11) is 1.23. The second kappa shape index (κ2) is 7.20. The Morgan fingerprint density at radius 2 is 1.92 bits per heavy atom. The third-order valence-corrected chi connectivity index (χ3v) is 4.55. The highest BCUT2D eigenvalue weighted by Gasteiger charge is 2.32. The van der Waals surface area contributed by atoms with E-state index in [0.717, 1.165) is 12.8 Å². The zero-order chi connectivity index (χ0) is 18.1. The molecule has 132 valence electrons. The first kappa shape index (κ1) is 18.0. The Labute approximate surface area is 155 Å². The Kier molecular flexibility index (Phi) is 5.19. The van der Waals surface area contributed by atoms with Crippen molar-refractivity contribution >= 4 is 39.9 Å². The Morgan fingerprint density at radius 1 is 1.20 bits per heavy atom. The van der Waals surface area contributed by atoms with Crippen LogP contribution in [-0.2, 0) is 4.84 Å². The van der Waals surface area contributed by atoms with E-state index in [0.29, 0.717) is 3.57 Å². The number of benzene rings is 2. The van der Waals surface area contributed by atoms with Gasteiger partial charge in [0.15, 0.2) is 11.6 Å². The quantitative estimate of drug-likeness (QED) is 0.504. The maximum Gasteiger partial charge on any atom is 0.277 e. The van der Waals surface area contributed by atoms with Crippen LogP contribution in [0.2, 0.25) is 0 Å². The molecule has 0 heterocycles. The van der Waals surface area contributed by atoms with Crippen molar-refractivity contribution < 1.29 is 22.8 Å². The third kappa shape index (κ3) is 3.74. The van der Waals surface area contributed by atoms with Crippen molar-refractivity contribution in [3.8, 4) is 0 Å². The minimum atomic E-state index is -1.22. The topological polar surface area (TPSA) is 50.4 Å². The smallest absolute Gasteiger partial charge is 0.277 e. The van der Waals surface area contributed by atoms with Crippen LogP contribution in [0.3, 0.4) is 0 Å². The zero-order valence-corrected chi connectivity index (χ0v) is 15.3. The average molecular weight is 462 g/mol. The number of amides is 1. The van der Waals surface area contributed by atoms with Gasteiger partial charge < -0.3 is 5.32 Å². The highest BCUT2D eigenvalue weighted by molar-refractivity contribution is 14.1. The van der Waals surface area contributed by atoms with Gasteiger partial charge in [-0.3, -0.25) is 9.63 Å². The van der Waals surface area contributed by atoms with Crippen LogP contribution in [0, 0.1) is 21.0 Å². The predicted molar refractivity (Wildman–Crippen MR) is 95.2 cm³/mol. The van der Waals surface area contributed by atoms with Crippen LogP contribution >= 0.6 is 22.6 Å². The molecular weight excluding hydrogens is 448 g/mol. The molecule has 1 fully saturated rings. The van der Waals surface area contributed by atoms with Gasteiger partial charge in [-0.15, -0.1) is 0 Å². The predicted octanol–water partition coefficient (Wildman–Crippen LogP) is 4.62. The molecule has 0 aliphatic heterocycles. The molecule has 1 aliphatic rings. The molecule has 0 spiro atoms. The van der Waals surface area contributed by atoms with Crippen LogP contribution in [0.4, 0.5) is 24.5 Å². The standard InChI is InChI=1S/C17H14F3IN2O2/c1-25-23-17(24)11-7-10(8-2-3-8)14(19)15(20)16(11)22-13-5-4-9(21)6-12(13)18/h4-8,22H,2-3H2,1H3,(H,23,24). The van der Waals surface area contributed by atoms with Crippen molar-refractivity contribution in [1.29, 1.82) is 0 Å². The summed E-state index contributed by atoms with van der Waals surface area (Å²) in [5.41, 5.74) is 1.58. The lowest BCUT2D eigenvalue weighted by Gasteiger charge is -2.16. The van der Waals surface area contributed by atoms with Gasteiger partial charge in [0, 0.05) is 3.57 Å². The lowest BCUT2D eigenvalue weighted by molar-refractivity contribution is 0.0538. The maximum atomic E-state index is 14.6. The molecule has 2 aromatic carbocycles. The summed E-state index contributed by atoms with van der Waals surface area (Å²) in [5, 5.41) is 2.49. The van der Waals surface area contributed by atoms with Crippen molar-refractivity contribution in [2.75, 3.05) is 12.4 Å². The van der Waals surface area contributed by atoms with Crippen LogP contribution in [0.5, 0.6) is 0 Å². The Morgan fingerprint density at radius 3 is 2.52 bits per heavy atom. The summed E-state index contributed by atoms with van der Waals surface area (Å²) in [6, 6.07) is 5.52. The molecule has 0 unspecified atom stereocenters. The van der Waals surface area contributed by atoms with E-state index in [4.69, 9.17) is 0 Å². The van der Waals surface area contributed by atoms with E-state index in [1.165, 1.54) is 25.3 Å². The van der Waals surface area contributed by atoms with Crippen molar-refractivity contribution in [2.24, 2.45) is 0 Å². The lowest BCUT2D eigenvalue weighted by atomic mass is 10.0. The molecule has 0 saturated heterocycles. The summed E-state index contributed by atoms with van der Waals surface area (Å²) in [6.45, 7) is 0. The van der Waals surface area contributed by atoms with Gasteiger partial charge in [0.1, 0.15) is 5.82 Å². The van der Waals surface area contributed by atoms with E-state index < -0.39 is 29.0 Å². The van der Waals surface area contributed by atoms with Crippen molar-refractivity contribution in [2.45, 2.75) is 18.8 Å². The summed E-state index contributed by atoms with van der Waals surface area (Å²) in [5.74, 6) is -3.74. The average Bonchev–Trinajstić information content (AvgIpc) is 3.39. The first-order chi connectivity index (χ1) is 11.9. The van der Waals surface area contributed by atoms with Crippen molar-refractivity contribution in [3.05, 3.63) is 56.4 Å². The summed E-state index contributed by atoms with van der Waals surface area (Å²) >= 11 is 1.93. The van der Waals surface area contributed by atoms with Gasteiger partial charge in [-0.1, -0.05) is 0 Å². The number of halogens is 4. The third-order valence-electron chi connectivity index (χ3n) is 3.88. The molecule has 0 atom stereocenters. The van der Waals surface area contributed by atoms with Crippen molar-refractivity contribution in [1.82, 2.24) is 5.48 Å². The Bertz CT molecular complexity index is 841. The molecule has 8 heteroatoms. The second-order valence-corrected chi connectivity index (χ2v) is 6.92. The van der Waals surface area contributed by atoms with Gasteiger partial charge in [0.05, 0.1) is 24.0 Å². The number of rotatable bonds is 5. The van der Waals surface area contributed by atoms with Gasteiger partial charge in [0.25, 0.3) is 5.91 Å². The van der Waals surface area contributed by atoms with Gasteiger partial charge in [-0.25, -0.2) is 18.7 Å². The fraction of sp³-hybridized carbons (Fsp3) is 0.235. The van der Waals surface area contributed by atoms with Gasteiger partial charge in [0.2, 0.25) is 0 Å². The Balaban J connectivity index is 2.09. The van der Waals surface area contributed by atoms with Crippen LogP contribution < -0.4 is 10.8 Å². The lowest BCUT2D eigenvalue weighted by Crippen LogP contribution is -2.24. The molecule has 1 aliphatic carbocycles. The SMILES string of the molecule is CONC(=O)c1cc(C2CC2)c(F)c(F)c1Nc1ccc(I)cc1F. The number of hydrogen-bond donors (Lipinski definition) is 2. The van der Waals surface area contributed by atoms with E-state index >= 15 is 0 Å². The molecular formula is C17H14F3IN2O2. The van der Waals surface area contributed by atoms with E-state index in [1.54, 1.807) is 6.07 Å².